The number of carbonyl (C=O) groups excluding carboxylic acids is 2. The number of carbonyl (C=O) groups is 2. The van der Waals surface area contributed by atoms with Crippen LogP contribution >= 0.6 is 34.5 Å². The van der Waals surface area contributed by atoms with Gasteiger partial charge in [0.15, 0.2) is 5.82 Å². The second kappa shape index (κ2) is 8.96. The molecule has 3 aromatic rings. The molecule has 0 aliphatic carbocycles. The Bertz CT molecular complexity index is 1370. The summed E-state index contributed by atoms with van der Waals surface area (Å²) in [4.78, 5) is 28.9. The molecule has 0 saturated heterocycles. The van der Waals surface area contributed by atoms with Crippen LogP contribution in [0.15, 0.2) is 40.9 Å². The molecular formula is C22H15Cl2F4N3O3S. The first kappa shape index (κ1) is 25.2. The molecule has 2 heterocycles. The van der Waals surface area contributed by atoms with Gasteiger partial charge in [0.1, 0.15) is 6.04 Å². The van der Waals surface area contributed by atoms with E-state index in [2.05, 4.69) is 10.5 Å². The summed E-state index contributed by atoms with van der Waals surface area (Å²) in [6, 6.07) is 5.17. The number of benzene rings is 2. The minimum Gasteiger partial charge on any atom is -0.374 e. The maximum Gasteiger partial charge on any atom is 0.435 e. The fourth-order valence-corrected chi connectivity index (χ4v) is 5.11. The normalized spacial score (nSPS) is 18.8. The highest BCUT2D eigenvalue weighted by atomic mass is 35.5. The van der Waals surface area contributed by atoms with E-state index < -0.39 is 57.5 Å². The Morgan fingerprint density at radius 1 is 1.23 bits per heavy atom. The van der Waals surface area contributed by atoms with Crippen LogP contribution < -0.4 is 11.1 Å². The van der Waals surface area contributed by atoms with Crippen LogP contribution in [0.1, 0.15) is 34.8 Å². The lowest BCUT2D eigenvalue weighted by Crippen LogP contribution is -2.42. The van der Waals surface area contributed by atoms with Crippen molar-refractivity contribution in [3.05, 3.63) is 68.3 Å². The van der Waals surface area contributed by atoms with Gasteiger partial charge in [-0.1, -0.05) is 34.4 Å². The van der Waals surface area contributed by atoms with E-state index in [1.54, 1.807) is 11.4 Å². The average molecular weight is 548 g/mol. The molecule has 1 aromatic heterocycles. The van der Waals surface area contributed by atoms with Gasteiger partial charge < -0.3 is 15.9 Å². The zero-order chi connectivity index (χ0) is 25.7. The Labute approximate surface area is 209 Å². The molecule has 3 N–H and O–H groups in total. The van der Waals surface area contributed by atoms with Crippen LogP contribution in [0, 0.1) is 5.82 Å². The van der Waals surface area contributed by atoms with Crippen molar-refractivity contribution in [2.75, 3.05) is 0 Å². The zero-order valence-corrected chi connectivity index (χ0v) is 20.0. The maximum absolute atomic E-state index is 14.3. The number of alkyl halides is 3. The summed E-state index contributed by atoms with van der Waals surface area (Å²) < 4.78 is 57.2. The smallest absolute Gasteiger partial charge is 0.374 e. The number of thiophene rings is 1. The number of halogens is 6. The number of hydrogen-bond acceptors (Lipinski definition) is 5. The summed E-state index contributed by atoms with van der Waals surface area (Å²) in [6.07, 6.45) is -5.70. The second-order valence-corrected chi connectivity index (χ2v) is 9.54. The van der Waals surface area contributed by atoms with Crippen LogP contribution in [-0.2, 0) is 15.2 Å². The van der Waals surface area contributed by atoms with E-state index in [1.807, 2.05) is 0 Å². The van der Waals surface area contributed by atoms with Gasteiger partial charge in [-0.3, -0.25) is 9.59 Å². The molecule has 2 atom stereocenters. The summed E-state index contributed by atoms with van der Waals surface area (Å²) in [5.41, 5.74) is 2.23. The molecule has 35 heavy (non-hydrogen) atoms. The van der Waals surface area contributed by atoms with Crippen molar-refractivity contribution in [1.29, 1.82) is 0 Å². The van der Waals surface area contributed by atoms with Gasteiger partial charge in [-0.15, -0.1) is 11.3 Å². The van der Waals surface area contributed by atoms with Crippen molar-refractivity contribution in [3.8, 4) is 0 Å². The van der Waals surface area contributed by atoms with Crippen LogP contribution in [0.5, 0.6) is 0 Å². The molecule has 1 aliphatic rings. The predicted molar refractivity (Wildman–Crippen MR) is 124 cm³/mol. The average Bonchev–Trinajstić information content (AvgIpc) is 3.44. The number of nitrogens with two attached hydrogens (primary N) is 1. The lowest BCUT2D eigenvalue weighted by atomic mass is 9.86. The van der Waals surface area contributed by atoms with E-state index in [0.717, 1.165) is 12.1 Å². The van der Waals surface area contributed by atoms with Crippen LogP contribution in [0.25, 0.3) is 10.1 Å². The molecule has 4 rings (SSSR count). The third kappa shape index (κ3) is 4.32. The molecule has 0 saturated carbocycles. The van der Waals surface area contributed by atoms with Gasteiger partial charge >= 0.3 is 6.18 Å². The molecule has 1 aliphatic heterocycles. The third-order valence-corrected chi connectivity index (χ3v) is 7.08. The van der Waals surface area contributed by atoms with Crippen LogP contribution in [-0.4, -0.2) is 29.7 Å². The third-order valence-electron chi connectivity index (χ3n) is 5.58. The first-order chi connectivity index (χ1) is 16.4. The number of nitrogens with zero attached hydrogens (tertiary/aromatic N) is 1. The Hall–Kier alpha value is -2.89. The molecule has 0 spiro atoms. The Kier molecular flexibility index (Phi) is 6.45. The summed E-state index contributed by atoms with van der Waals surface area (Å²) >= 11 is 12.7. The minimum absolute atomic E-state index is 0.0381. The van der Waals surface area contributed by atoms with Crippen molar-refractivity contribution in [2.24, 2.45) is 10.9 Å². The summed E-state index contributed by atoms with van der Waals surface area (Å²) in [6.45, 7) is 1.43. The maximum atomic E-state index is 14.3. The van der Waals surface area contributed by atoms with E-state index in [-0.39, 0.29) is 11.3 Å². The fraction of sp³-hybridized carbons (Fsp3) is 0.227. The summed E-state index contributed by atoms with van der Waals surface area (Å²) in [5, 5.41) is 7.12. The number of fused-ring (bicyclic) bond motifs is 1. The molecule has 13 heteroatoms. The number of primary amides is 1. The number of oxime groups is 1. The van der Waals surface area contributed by atoms with Crippen LogP contribution in [0.3, 0.4) is 0 Å². The van der Waals surface area contributed by atoms with Gasteiger partial charge in [0.2, 0.25) is 5.91 Å². The van der Waals surface area contributed by atoms with E-state index in [9.17, 15) is 27.2 Å². The van der Waals surface area contributed by atoms with Gasteiger partial charge in [-0.05, 0) is 36.6 Å². The van der Waals surface area contributed by atoms with Gasteiger partial charge in [-0.2, -0.15) is 13.2 Å². The standard InChI is InChI=1S/C22H15Cl2F4N3O3S/c1-9(19(29)32)30-20(33)12-2-3-13(18-11(12)4-5-35-18)16-8-21(34-31-16,22(26,27)28)10-6-14(23)17(25)15(24)7-10/h2-7,9H,8H2,1H3,(H2,29,32)(H,30,33). The molecule has 2 unspecified atom stereocenters. The van der Waals surface area contributed by atoms with Crippen molar-refractivity contribution >= 4 is 62.2 Å². The van der Waals surface area contributed by atoms with Crippen LogP contribution in [0.4, 0.5) is 17.6 Å². The summed E-state index contributed by atoms with van der Waals surface area (Å²) in [7, 11) is 0. The quantitative estimate of drug-likeness (QED) is 0.324. The van der Waals surface area contributed by atoms with E-state index in [4.69, 9.17) is 33.8 Å². The van der Waals surface area contributed by atoms with Gasteiger partial charge in [-0.25, -0.2) is 4.39 Å². The van der Waals surface area contributed by atoms with E-state index >= 15 is 0 Å². The first-order valence-electron chi connectivity index (χ1n) is 9.93. The first-order valence-corrected chi connectivity index (χ1v) is 11.6. The van der Waals surface area contributed by atoms with Crippen LogP contribution in [0.2, 0.25) is 10.0 Å². The second-order valence-electron chi connectivity index (χ2n) is 7.81. The molecule has 0 fully saturated rings. The summed E-state index contributed by atoms with van der Waals surface area (Å²) in [5.74, 6) is -2.34. The number of rotatable bonds is 5. The molecule has 6 nitrogen and oxygen atoms in total. The Morgan fingerprint density at radius 3 is 2.49 bits per heavy atom. The van der Waals surface area contributed by atoms with Crippen molar-refractivity contribution in [2.45, 2.75) is 31.2 Å². The largest absolute Gasteiger partial charge is 0.435 e. The van der Waals surface area contributed by atoms with Crippen molar-refractivity contribution in [3.63, 3.8) is 0 Å². The number of nitrogens with one attached hydrogen (secondary N) is 1. The Morgan fingerprint density at radius 2 is 1.89 bits per heavy atom. The van der Waals surface area contributed by atoms with E-state index in [1.165, 1.54) is 30.4 Å². The highest BCUT2D eigenvalue weighted by Crippen LogP contribution is 2.50. The van der Waals surface area contributed by atoms with Gasteiger partial charge in [0.25, 0.3) is 11.5 Å². The van der Waals surface area contributed by atoms with Gasteiger partial charge in [0.05, 0.1) is 22.2 Å². The monoisotopic (exact) mass is 547 g/mol. The predicted octanol–water partition coefficient (Wildman–Crippen LogP) is 5.53. The topological polar surface area (TPSA) is 93.8 Å². The lowest BCUT2D eigenvalue weighted by Gasteiger charge is -2.29. The molecule has 0 radical (unpaired) electrons. The zero-order valence-electron chi connectivity index (χ0n) is 17.7. The molecule has 2 aromatic carbocycles. The highest BCUT2D eigenvalue weighted by molar-refractivity contribution is 7.17. The Balaban J connectivity index is 1.74. The SMILES string of the molecule is CC(NC(=O)c1ccc(C2=NOC(c3cc(Cl)c(F)c(Cl)c3)(C(F)(F)F)C2)c2sccc12)C(N)=O. The molecule has 0 bridgehead atoms. The molecule has 2 amide bonds. The van der Waals surface area contributed by atoms with E-state index in [0.29, 0.717) is 15.6 Å². The molecule has 184 valence electrons. The van der Waals surface area contributed by atoms with Crippen molar-refractivity contribution < 1.29 is 32.0 Å². The van der Waals surface area contributed by atoms with Crippen molar-refractivity contribution in [1.82, 2.24) is 5.32 Å². The molecular weight excluding hydrogens is 533 g/mol. The number of hydrogen-bond donors (Lipinski definition) is 2. The fourth-order valence-electron chi connectivity index (χ4n) is 3.67. The number of amides is 2. The highest BCUT2D eigenvalue weighted by Gasteiger charge is 2.62. The lowest BCUT2D eigenvalue weighted by molar-refractivity contribution is -0.275. The van der Waals surface area contributed by atoms with Gasteiger partial charge in [0, 0.05) is 26.8 Å². The minimum atomic E-state index is -4.96.